The molecule has 0 radical (unpaired) electrons. The predicted octanol–water partition coefficient (Wildman–Crippen LogP) is 2.91. The molecule has 0 spiro atoms. The van der Waals surface area contributed by atoms with Crippen molar-refractivity contribution >= 4 is 5.91 Å². The smallest absolute Gasteiger partial charge is 0.260 e. The molecule has 2 heterocycles. The molecule has 3 rings (SSSR count). The van der Waals surface area contributed by atoms with Crippen molar-refractivity contribution < 1.29 is 23.4 Å². The number of aliphatic hydroxyl groups excluding tert-OH is 1. The highest BCUT2D eigenvalue weighted by Gasteiger charge is 2.31. The van der Waals surface area contributed by atoms with Gasteiger partial charge in [-0.3, -0.25) is 4.79 Å². The number of halogens is 1. The lowest BCUT2D eigenvalue weighted by Crippen LogP contribution is -2.39. The Morgan fingerprint density at radius 2 is 2.17 bits per heavy atom. The average Bonchev–Trinajstić information content (AvgIpc) is 3.25. The Hall–Kier alpha value is -2.34. The van der Waals surface area contributed by atoms with E-state index in [1.54, 1.807) is 17.0 Å². The Balaban J connectivity index is 1.54. The monoisotopic (exact) mass is 333 g/mol. The first-order valence-corrected chi connectivity index (χ1v) is 8.03. The zero-order chi connectivity index (χ0) is 16.9. The third-order valence-electron chi connectivity index (χ3n) is 4.24. The van der Waals surface area contributed by atoms with Crippen molar-refractivity contribution in [1.82, 2.24) is 4.90 Å². The van der Waals surface area contributed by atoms with Gasteiger partial charge in [0.1, 0.15) is 23.4 Å². The highest BCUT2D eigenvalue weighted by Crippen LogP contribution is 2.27. The van der Waals surface area contributed by atoms with Crippen LogP contribution in [0.4, 0.5) is 4.39 Å². The largest absolute Gasteiger partial charge is 0.484 e. The Kier molecular flexibility index (Phi) is 5.15. The van der Waals surface area contributed by atoms with Crippen LogP contribution in [-0.4, -0.2) is 35.1 Å². The number of ether oxygens (including phenoxy) is 1. The van der Waals surface area contributed by atoms with Gasteiger partial charge in [0.05, 0.1) is 6.26 Å². The van der Waals surface area contributed by atoms with Crippen LogP contribution in [0.25, 0.3) is 0 Å². The minimum Gasteiger partial charge on any atom is -0.484 e. The first kappa shape index (κ1) is 16.5. The highest BCUT2D eigenvalue weighted by molar-refractivity contribution is 5.78. The van der Waals surface area contributed by atoms with Crippen molar-refractivity contribution in [2.45, 2.75) is 31.4 Å². The molecule has 6 heteroatoms. The lowest BCUT2D eigenvalue weighted by molar-refractivity contribution is -0.134. The van der Waals surface area contributed by atoms with Crippen LogP contribution in [-0.2, 0) is 4.79 Å². The van der Waals surface area contributed by atoms with E-state index in [2.05, 4.69) is 0 Å². The molecule has 0 aliphatic carbocycles. The Morgan fingerprint density at radius 1 is 1.38 bits per heavy atom. The van der Waals surface area contributed by atoms with Crippen LogP contribution in [0.3, 0.4) is 0 Å². The van der Waals surface area contributed by atoms with E-state index in [-0.39, 0.29) is 24.4 Å². The number of nitrogens with zero attached hydrogens (tertiary/aromatic N) is 1. The lowest BCUT2D eigenvalue weighted by atomic mass is 10.1. The van der Waals surface area contributed by atoms with Gasteiger partial charge in [-0.25, -0.2) is 4.39 Å². The molecule has 1 aliphatic heterocycles. The molecule has 2 atom stereocenters. The van der Waals surface area contributed by atoms with Crippen molar-refractivity contribution in [2.24, 2.45) is 0 Å². The Labute approximate surface area is 139 Å². The maximum atomic E-state index is 12.9. The standard InChI is InChI=1S/C18H20FNO4/c19-13-5-7-15(8-6-13)24-12-18(22)20-9-1-3-14(20)11-16(21)17-4-2-10-23-17/h2,4-8,10,14,16,21H,1,3,9,11-12H2. The Bertz CT molecular complexity index is 656. The minimum atomic E-state index is -0.726. The number of rotatable bonds is 6. The molecule has 1 aliphatic rings. The summed E-state index contributed by atoms with van der Waals surface area (Å²) in [5.41, 5.74) is 0. The minimum absolute atomic E-state index is 0.0329. The molecule has 0 saturated carbocycles. The van der Waals surface area contributed by atoms with Crippen molar-refractivity contribution in [3.63, 3.8) is 0 Å². The summed E-state index contributed by atoms with van der Waals surface area (Å²) < 4.78 is 23.5. The number of furan rings is 1. The molecule has 1 aromatic heterocycles. The molecule has 2 unspecified atom stereocenters. The summed E-state index contributed by atoms with van der Waals surface area (Å²) in [6.07, 6.45) is 2.98. The van der Waals surface area contributed by atoms with Gasteiger partial charge in [0.25, 0.3) is 5.91 Å². The van der Waals surface area contributed by atoms with Gasteiger partial charge in [-0.05, 0) is 49.2 Å². The van der Waals surface area contributed by atoms with Crippen LogP contribution < -0.4 is 4.74 Å². The maximum absolute atomic E-state index is 12.9. The van der Waals surface area contributed by atoms with Crippen LogP contribution in [0.5, 0.6) is 5.75 Å². The maximum Gasteiger partial charge on any atom is 0.260 e. The number of carbonyl (C=O) groups excluding carboxylic acids is 1. The van der Waals surface area contributed by atoms with Gasteiger partial charge in [-0.2, -0.15) is 0 Å². The van der Waals surface area contributed by atoms with E-state index < -0.39 is 6.10 Å². The molecular formula is C18H20FNO4. The van der Waals surface area contributed by atoms with Crippen LogP contribution in [0.15, 0.2) is 47.1 Å². The number of aliphatic hydroxyl groups is 1. The van der Waals surface area contributed by atoms with E-state index in [4.69, 9.17) is 9.15 Å². The second kappa shape index (κ2) is 7.49. The first-order chi connectivity index (χ1) is 11.6. The number of amides is 1. The summed E-state index contributed by atoms with van der Waals surface area (Å²) in [7, 11) is 0. The molecule has 128 valence electrons. The Morgan fingerprint density at radius 3 is 2.88 bits per heavy atom. The third-order valence-corrected chi connectivity index (χ3v) is 4.24. The molecular weight excluding hydrogens is 313 g/mol. The van der Waals surface area contributed by atoms with Gasteiger partial charge >= 0.3 is 0 Å². The SMILES string of the molecule is O=C(COc1ccc(F)cc1)N1CCCC1CC(O)c1ccco1. The predicted molar refractivity (Wildman–Crippen MR) is 84.9 cm³/mol. The van der Waals surface area contributed by atoms with E-state index in [1.165, 1.54) is 30.5 Å². The van der Waals surface area contributed by atoms with Crippen molar-refractivity contribution in [1.29, 1.82) is 0 Å². The zero-order valence-electron chi connectivity index (χ0n) is 13.2. The van der Waals surface area contributed by atoms with Gasteiger partial charge in [-0.1, -0.05) is 0 Å². The topological polar surface area (TPSA) is 62.9 Å². The fraction of sp³-hybridized carbons (Fsp3) is 0.389. The highest BCUT2D eigenvalue weighted by atomic mass is 19.1. The van der Waals surface area contributed by atoms with Gasteiger partial charge in [0.15, 0.2) is 6.61 Å². The van der Waals surface area contributed by atoms with Gasteiger partial charge in [0, 0.05) is 19.0 Å². The van der Waals surface area contributed by atoms with E-state index in [0.29, 0.717) is 24.5 Å². The van der Waals surface area contributed by atoms with Crippen LogP contribution in [0, 0.1) is 5.82 Å². The fourth-order valence-electron chi connectivity index (χ4n) is 3.02. The van der Waals surface area contributed by atoms with Crippen LogP contribution in [0.1, 0.15) is 31.1 Å². The normalized spacial score (nSPS) is 18.6. The molecule has 1 amide bonds. The second-order valence-electron chi connectivity index (χ2n) is 5.89. The molecule has 1 fully saturated rings. The molecule has 24 heavy (non-hydrogen) atoms. The third kappa shape index (κ3) is 3.94. The van der Waals surface area contributed by atoms with Gasteiger partial charge < -0.3 is 19.2 Å². The van der Waals surface area contributed by atoms with Crippen LogP contribution in [0.2, 0.25) is 0 Å². The summed E-state index contributed by atoms with van der Waals surface area (Å²) >= 11 is 0. The number of hydrogen-bond donors (Lipinski definition) is 1. The molecule has 5 nitrogen and oxygen atoms in total. The van der Waals surface area contributed by atoms with E-state index in [9.17, 15) is 14.3 Å². The number of carbonyl (C=O) groups is 1. The van der Waals surface area contributed by atoms with Gasteiger partial charge in [0.2, 0.25) is 0 Å². The van der Waals surface area contributed by atoms with Crippen LogP contribution >= 0.6 is 0 Å². The number of likely N-dealkylation sites (tertiary alicyclic amines) is 1. The summed E-state index contributed by atoms with van der Waals surface area (Å²) in [5.74, 6) is 0.488. The summed E-state index contributed by atoms with van der Waals surface area (Å²) in [6, 6.07) is 8.98. The van der Waals surface area contributed by atoms with E-state index in [0.717, 1.165) is 12.8 Å². The molecule has 1 N–H and O–H groups in total. The fourth-order valence-corrected chi connectivity index (χ4v) is 3.02. The van der Waals surface area contributed by atoms with Crippen molar-refractivity contribution in [2.75, 3.05) is 13.2 Å². The molecule has 0 bridgehead atoms. The second-order valence-corrected chi connectivity index (χ2v) is 5.89. The number of hydrogen-bond acceptors (Lipinski definition) is 4. The zero-order valence-corrected chi connectivity index (χ0v) is 13.2. The first-order valence-electron chi connectivity index (χ1n) is 8.03. The quantitative estimate of drug-likeness (QED) is 0.883. The van der Waals surface area contributed by atoms with Crippen molar-refractivity contribution in [3.8, 4) is 5.75 Å². The molecule has 2 aromatic rings. The van der Waals surface area contributed by atoms with Crippen molar-refractivity contribution in [3.05, 3.63) is 54.2 Å². The van der Waals surface area contributed by atoms with E-state index in [1.807, 2.05) is 0 Å². The van der Waals surface area contributed by atoms with E-state index >= 15 is 0 Å². The lowest BCUT2D eigenvalue weighted by Gasteiger charge is -2.26. The molecule has 1 saturated heterocycles. The number of benzene rings is 1. The summed E-state index contributed by atoms with van der Waals surface area (Å²) in [6.45, 7) is 0.556. The molecule has 1 aromatic carbocycles. The van der Waals surface area contributed by atoms with Gasteiger partial charge in [-0.15, -0.1) is 0 Å². The summed E-state index contributed by atoms with van der Waals surface area (Å²) in [4.78, 5) is 14.1. The summed E-state index contributed by atoms with van der Waals surface area (Å²) in [5, 5.41) is 10.2. The average molecular weight is 333 g/mol.